The van der Waals surface area contributed by atoms with Crippen molar-refractivity contribution in [3.05, 3.63) is 47.5 Å². The second-order valence-corrected chi connectivity index (χ2v) is 5.66. The molecule has 0 saturated carbocycles. The van der Waals surface area contributed by atoms with Crippen molar-refractivity contribution in [3.8, 4) is 29.1 Å². The number of amides is 1. The monoisotopic (exact) mass is 370 g/mol. The molecule has 1 N–H and O–H groups in total. The quantitative estimate of drug-likeness (QED) is 0.768. The van der Waals surface area contributed by atoms with Crippen molar-refractivity contribution in [3.63, 3.8) is 0 Å². The van der Waals surface area contributed by atoms with E-state index in [9.17, 15) is 4.79 Å². The van der Waals surface area contributed by atoms with Gasteiger partial charge in [-0.25, -0.2) is 0 Å². The molecule has 1 unspecified atom stereocenters. The lowest BCUT2D eigenvalue weighted by Gasteiger charge is -2.18. The number of nitriles is 1. The third-order valence-electron chi connectivity index (χ3n) is 3.93. The Kier molecular flexibility index (Phi) is 6.89. The molecule has 27 heavy (non-hydrogen) atoms. The van der Waals surface area contributed by atoms with Crippen LogP contribution in [0.5, 0.6) is 23.0 Å². The smallest absolute Gasteiger partial charge is 0.258 e. The molecule has 2 aromatic carbocycles. The van der Waals surface area contributed by atoms with E-state index in [2.05, 4.69) is 5.32 Å². The summed E-state index contributed by atoms with van der Waals surface area (Å²) >= 11 is 0. The van der Waals surface area contributed by atoms with E-state index in [1.807, 2.05) is 19.1 Å². The molecular formula is C20H22N2O5. The number of rotatable bonds is 8. The fraction of sp³-hybridized carbons (Fsp3) is 0.300. The molecule has 1 amide bonds. The fourth-order valence-electron chi connectivity index (χ4n) is 2.54. The summed E-state index contributed by atoms with van der Waals surface area (Å²) in [6.07, 6.45) is 0. The summed E-state index contributed by atoms with van der Waals surface area (Å²) in [5, 5.41) is 11.8. The maximum absolute atomic E-state index is 12.3. The van der Waals surface area contributed by atoms with Gasteiger partial charge in [-0.3, -0.25) is 4.79 Å². The molecule has 0 spiro atoms. The number of carbonyl (C=O) groups excluding carboxylic acids is 1. The van der Waals surface area contributed by atoms with Crippen LogP contribution >= 0.6 is 0 Å². The number of methoxy groups -OCH3 is 3. The normalized spacial score (nSPS) is 11.1. The Hall–Kier alpha value is -3.40. The molecule has 0 aliphatic carbocycles. The summed E-state index contributed by atoms with van der Waals surface area (Å²) in [6, 6.07) is 11.8. The van der Waals surface area contributed by atoms with Gasteiger partial charge in [-0.2, -0.15) is 5.26 Å². The van der Waals surface area contributed by atoms with Crippen LogP contribution in [-0.4, -0.2) is 33.8 Å². The zero-order valence-corrected chi connectivity index (χ0v) is 15.7. The number of carbonyl (C=O) groups is 1. The Morgan fingerprint density at radius 2 is 1.74 bits per heavy atom. The van der Waals surface area contributed by atoms with Gasteiger partial charge in [0.05, 0.1) is 39.0 Å². The van der Waals surface area contributed by atoms with Gasteiger partial charge in [0.1, 0.15) is 11.5 Å². The first-order chi connectivity index (χ1) is 13.0. The van der Waals surface area contributed by atoms with Crippen LogP contribution in [0.15, 0.2) is 36.4 Å². The summed E-state index contributed by atoms with van der Waals surface area (Å²) in [7, 11) is 4.62. The molecule has 1 atom stereocenters. The molecule has 0 bridgehead atoms. The highest BCUT2D eigenvalue weighted by Gasteiger charge is 2.16. The Bertz CT molecular complexity index is 845. The van der Waals surface area contributed by atoms with Gasteiger partial charge in [-0.15, -0.1) is 0 Å². The third-order valence-corrected chi connectivity index (χ3v) is 3.93. The lowest BCUT2D eigenvalue weighted by Crippen LogP contribution is -2.31. The van der Waals surface area contributed by atoms with Crippen LogP contribution < -0.4 is 24.3 Å². The van der Waals surface area contributed by atoms with E-state index in [1.54, 1.807) is 44.6 Å². The number of benzene rings is 2. The highest BCUT2D eigenvalue weighted by atomic mass is 16.5. The summed E-state index contributed by atoms with van der Waals surface area (Å²) in [5.41, 5.74) is 1.24. The molecule has 0 saturated heterocycles. The Labute approximate surface area is 158 Å². The second kappa shape index (κ2) is 9.34. The van der Waals surface area contributed by atoms with Gasteiger partial charge in [-0.05, 0) is 37.3 Å². The van der Waals surface area contributed by atoms with Gasteiger partial charge in [0.25, 0.3) is 5.91 Å². The van der Waals surface area contributed by atoms with Crippen molar-refractivity contribution in [1.82, 2.24) is 5.32 Å². The summed E-state index contributed by atoms with van der Waals surface area (Å²) in [5.74, 6) is 1.80. The van der Waals surface area contributed by atoms with Crippen molar-refractivity contribution in [2.24, 2.45) is 0 Å². The molecule has 0 aliphatic heterocycles. The van der Waals surface area contributed by atoms with Gasteiger partial charge >= 0.3 is 0 Å². The average molecular weight is 370 g/mol. The first-order valence-corrected chi connectivity index (χ1v) is 8.24. The number of nitrogens with zero attached hydrogens (tertiary/aromatic N) is 1. The van der Waals surface area contributed by atoms with E-state index >= 15 is 0 Å². The van der Waals surface area contributed by atoms with Crippen molar-refractivity contribution >= 4 is 5.91 Å². The predicted octanol–water partition coefficient (Wildman–Crippen LogP) is 2.84. The van der Waals surface area contributed by atoms with Crippen LogP contribution in [0, 0.1) is 11.3 Å². The minimum Gasteiger partial charge on any atom is -0.497 e. The van der Waals surface area contributed by atoms with E-state index < -0.39 is 0 Å². The van der Waals surface area contributed by atoms with E-state index in [0.717, 1.165) is 5.56 Å². The van der Waals surface area contributed by atoms with Crippen LogP contribution in [0.4, 0.5) is 0 Å². The maximum Gasteiger partial charge on any atom is 0.258 e. The molecule has 142 valence electrons. The molecule has 7 heteroatoms. The largest absolute Gasteiger partial charge is 0.497 e. The molecule has 0 heterocycles. The van der Waals surface area contributed by atoms with Crippen molar-refractivity contribution in [2.45, 2.75) is 13.0 Å². The first-order valence-electron chi connectivity index (χ1n) is 8.24. The molecule has 7 nitrogen and oxygen atoms in total. The summed E-state index contributed by atoms with van der Waals surface area (Å²) in [6.45, 7) is 1.65. The number of nitrogens with one attached hydrogen (secondary N) is 1. The molecule has 0 aliphatic rings. The first kappa shape index (κ1) is 19.9. The minimum atomic E-state index is -0.311. The Morgan fingerprint density at radius 3 is 2.37 bits per heavy atom. The SMILES string of the molecule is COc1ccc(OC)c(C(C)NC(=O)COc2ccc(C#N)cc2OC)c1. The van der Waals surface area contributed by atoms with Crippen LogP contribution in [-0.2, 0) is 4.79 Å². The highest BCUT2D eigenvalue weighted by Crippen LogP contribution is 2.30. The number of hydrogen-bond donors (Lipinski definition) is 1. The predicted molar refractivity (Wildman–Crippen MR) is 99.3 cm³/mol. The van der Waals surface area contributed by atoms with Crippen LogP contribution in [0.3, 0.4) is 0 Å². The molecule has 2 aromatic rings. The Balaban J connectivity index is 2.03. The van der Waals surface area contributed by atoms with Crippen LogP contribution in [0.25, 0.3) is 0 Å². The number of ether oxygens (including phenoxy) is 4. The topological polar surface area (TPSA) is 89.8 Å². The van der Waals surface area contributed by atoms with E-state index in [4.69, 9.17) is 24.2 Å². The zero-order chi connectivity index (χ0) is 19.8. The molecule has 0 fully saturated rings. The van der Waals surface area contributed by atoms with Crippen LogP contribution in [0.1, 0.15) is 24.1 Å². The fourth-order valence-corrected chi connectivity index (χ4v) is 2.54. The molecule has 0 aromatic heterocycles. The zero-order valence-electron chi connectivity index (χ0n) is 15.7. The summed E-state index contributed by atoms with van der Waals surface area (Å²) in [4.78, 5) is 12.3. The standard InChI is InChI=1S/C20H22N2O5/c1-13(16-10-15(24-2)6-8-17(16)25-3)22-20(23)12-27-18-7-5-14(11-21)9-19(18)26-4/h5-10,13H,12H2,1-4H3,(H,22,23). The second-order valence-electron chi connectivity index (χ2n) is 5.66. The van der Waals surface area contributed by atoms with Gasteiger partial charge < -0.3 is 24.3 Å². The van der Waals surface area contributed by atoms with E-state index in [-0.39, 0.29) is 18.6 Å². The van der Waals surface area contributed by atoms with Gasteiger partial charge in [0.2, 0.25) is 0 Å². The van der Waals surface area contributed by atoms with E-state index in [0.29, 0.717) is 28.6 Å². The molecule has 0 radical (unpaired) electrons. The van der Waals surface area contributed by atoms with Crippen molar-refractivity contribution in [2.75, 3.05) is 27.9 Å². The van der Waals surface area contributed by atoms with Crippen LogP contribution in [0.2, 0.25) is 0 Å². The maximum atomic E-state index is 12.3. The number of hydrogen-bond acceptors (Lipinski definition) is 6. The average Bonchev–Trinajstić information content (AvgIpc) is 2.71. The lowest BCUT2D eigenvalue weighted by molar-refractivity contribution is -0.123. The van der Waals surface area contributed by atoms with Gasteiger partial charge in [0, 0.05) is 11.6 Å². The lowest BCUT2D eigenvalue weighted by atomic mass is 10.1. The van der Waals surface area contributed by atoms with Gasteiger partial charge in [-0.1, -0.05) is 0 Å². The van der Waals surface area contributed by atoms with Crippen molar-refractivity contribution in [1.29, 1.82) is 5.26 Å². The molecule has 2 rings (SSSR count). The van der Waals surface area contributed by atoms with Crippen molar-refractivity contribution < 1.29 is 23.7 Å². The summed E-state index contributed by atoms with van der Waals surface area (Å²) < 4.78 is 21.3. The molecular weight excluding hydrogens is 348 g/mol. The van der Waals surface area contributed by atoms with E-state index in [1.165, 1.54) is 7.11 Å². The van der Waals surface area contributed by atoms with Gasteiger partial charge in [0.15, 0.2) is 18.1 Å². The third kappa shape index (κ3) is 5.05. The Morgan fingerprint density at radius 1 is 1.04 bits per heavy atom. The minimum absolute atomic E-state index is 0.196. The highest BCUT2D eigenvalue weighted by molar-refractivity contribution is 5.78.